The molecule has 2 atom stereocenters. The fraction of sp³-hybridized carbons (Fsp3) is 0.429. The number of amides is 2. The van der Waals surface area contributed by atoms with Crippen molar-refractivity contribution < 1.29 is 23.5 Å². The van der Waals surface area contributed by atoms with Gasteiger partial charge in [-0.15, -0.1) is 0 Å². The largest absolute Gasteiger partial charge is 0.481 e. The van der Waals surface area contributed by atoms with Crippen molar-refractivity contribution in [3.63, 3.8) is 0 Å². The number of nitrogens with one attached hydrogen (secondary N) is 2. The number of rotatable bonds is 4. The van der Waals surface area contributed by atoms with Gasteiger partial charge in [-0.05, 0) is 44.0 Å². The minimum Gasteiger partial charge on any atom is -0.481 e. The third-order valence-electron chi connectivity index (χ3n) is 3.03. The van der Waals surface area contributed by atoms with Gasteiger partial charge in [-0.2, -0.15) is 0 Å². The number of carbonyl (C=O) groups excluding carboxylic acids is 2. The van der Waals surface area contributed by atoms with Gasteiger partial charge in [0.05, 0.1) is 0 Å². The lowest BCUT2D eigenvalue weighted by atomic mass is 10.2. The van der Waals surface area contributed by atoms with Gasteiger partial charge < -0.3 is 9.47 Å². The van der Waals surface area contributed by atoms with E-state index in [1.54, 1.807) is 0 Å². The molecule has 1 aliphatic rings. The second-order valence-electron chi connectivity index (χ2n) is 4.69. The van der Waals surface area contributed by atoms with E-state index in [-0.39, 0.29) is 11.7 Å². The maximum Gasteiger partial charge on any atom is 0.279 e. The summed E-state index contributed by atoms with van der Waals surface area (Å²) < 4.78 is 23.3. The van der Waals surface area contributed by atoms with E-state index < -0.39 is 18.1 Å². The van der Waals surface area contributed by atoms with E-state index in [2.05, 4.69) is 10.9 Å². The zero-order valence-electron chi connectivity index (χ0n) is 11.6. The molecule has 0 radical (unpaired) electrons. The van der Waals surface area contributed by atoms with E-state index in [9.17, 15) is 14.0 Å². The number of ether oxygens (including phenoxy) is 2. The van der Waals surface area contributed by atoms with Crippen LogP contribution in [-0.2, 0) is 14.3 Å². The zero-order chi connectivity index (χ0) is 15.2. The Balaban J connectivity index is 1.76. The zero-order valence-corrected chi connectivity index (χ0v) is 11.6. The van der Waals surface area contributed by atoms with Crippen LogP contribution in [0.5, 0.6) is 5.75 Å². The van der Waals surface area contributed by atoms with Gasteiger partial charge in [0, 0.05) is 6.61 Å². The molecule has 1 aromatic rings. The lowest BCUT2D eigenvalue weighted by molar-refractivity contribution is -0.136. The van der Waals surface area contributed by atoms with Gasteiger partial charge in [-0.25, -0.2) is 4.39 Å². The van der Waals surface area contributed by atoms with Gasteiger partial charge in [-0.1, -0.05) is 0 Å². The molecule has 6 nitrogen and oxygen atoms in total. The monoisotopic (exact) mass is 296 g/mol. The summed E-state index contributed by atoms with van der Waals surface area (Å²) in [5.41, 5.74) is 4.57. The quantitative estimate of drug-likeness (QED) is 0.810. The van der Waals surface area contributed by atoms with Crippen molar-refractivity contribution in [1.82, 2.24) is 10.9 Å². The Labute approximate surface area is 121 Å². The average Bonchev–Trinajstić information content (AvgIpc) is 3.01. The molecule has 2 amide bonds. The smallest absolute Gasteiger partial charge is 0.279 e. The van der Waals surface area contributed by atoms with E-state index in [1.165, 1.54) is 31.2 Å². The molecule has 0 bridgehead atoms. The van der Waals surface area contributed by atoms with Crippen LogP contribution in [0.15, 0.2) is 24.3 Å². The minimum absolute atomic E-state index is 0.365. The third kappa shape index (κ3) is 4.42. The summed E-state index contributed by atoms with van der Waals surface area (Å²) >= 11 is 0. The second-order valence-corrected chi connectivity index (χ2v) is 4.69. The molecule has 1 aromatic carbocycles. The van der Waals surface area contributed by atoms with Crippen molar-refractivity contribution in [3.8, 4) is 5.75 Å². The molecule has 1 aliphatic heterocycles. The molecule has 114 valence electrons. The molecule has 0 spiro atoms. The Morgan fingerprint density at radius 3 is 2.67 bits per heavy atom. The van der Waals surface area contributed by atoms with Gasteiger partial charge in [0.15, 0.2) is 6.10 Å². The first kappa shape index (κ1) is 15.2. The van der Waals surface area contributed by atoms with E-state index >= 15 is 0 Å². The predicted octanol–water partition coefficient (Wildman–Crippen LogP) is 0.919. The lowest BCUT2D eigenvalue weighted by Crippen LogP contribution is -2.50. The molecular weight excluding hydrogens is 279 g/mol. The Morgan fingerprint density at radius 1 is 1.33 bits per heavy atom. The standard InChI is InChI=1S/C14H17FN2O4/c1-9(21-11-6-4-10(15)5-7-11)13(18)16-17-14(19)12-3-2-8-20-12/h4-7,9,12H,2-3,8H2,1H3,(H,16,18)(H,17,19). The Kier molecular flexibility index (Phi) is 5.10. The fourth-order valence-electron chi connectivity index (χ4n) is 1.86. The summed E-state index contributed by atoms with van der Waals surface area (Å²) in [7, 11) is 0. The number of carbonyl (C=O) groups is 2. The van der Waals surface area contributed by atoms with Crippen LogP contribution < -0.4 is 15.6 Å². The van der Waals surface area contributed by atoms with E-state index in [4.69, 9.17) is 9.47 Å². The first-order valence-electron chi connectivity index (χ1n) is 6.70. The van der Waals surface area contributed by atoms with Gasteiger partial charge in [-0.3, -0.25) is 20.4 Å². The summed E-state index contributed by atoms with van der Waals surface area (Å²) in [4.78, 5) is 23.4. The molecule has 1 fully saturated rings. The molecule has 0 aliphatic carbocycles. The van der Waals surface area contributed by atoms with Crippen LogP contribution in [0.3, 0.4) is 0 Å². The van der Waals surface area contributed by atoms with E-state index in [0.29, 0.717) is 18.8 Å². The maximum absolute atomic E-state index is 12.7. The normalized spacial score (nSPS) is 18.9. The highest BCUT2D eigenvalue weighted by Gasteiger charge is 2.24. The SMILES string of the molecule is CC(Oc1ccc(F)cc1)C(=O)NNC(=O)C1CCCO1. The molecule has 2 N–H and O–H groups in total. The van der Waals surface area contributed by atoms with Crippen molar-refractivity contribution in [2.75, 3.05) is 6.61 Å². The molecule has 7 heteroatoms. The van der Waals surface area contributed by atoms with Crippen LogP contribution >= 0.6 is 0 Å². The first-order valence-corrected chi connectivity index (χ1v) is 6.70. The molecule has 2 unspecified atom stereocenters. The van der Waals surface area contributed by atoms with Crippen molar-refractivity contribution in [2.24, 2.45) is 0 Å². The molecule has 21 heavy (non-hydrogen) atoms. The second kappa shape index (κ2) is 7.03. The van der Waals surface area contributed by atoms with Gasteiger partial charge in [0.2, 0.25) is 0 Å². The van der Waals surface area contributed by atoms with Crippen LogP contribution in [0.1, 0.15) is 19.8 Å². The number of hydrogen-bond acceptors (Lipinski definition) is 4. The first-order chi connectivity index (χ1) is 10.1. The average molecular weight is 296 g/mol. The number of hydrazine groups is 1. The molecule has 0 saturated carbocycles. The highest BCUT2D eigenvalue weighted by Crippen LogP contribution is 2.13. The van der Waals surface area contributed by atoms with Crippen LogP contribution in [0, 0.1) is 5.82 Å². The van der Waals surface area contributed by atoms with Crippen LogP contribution in [0.25, 0.3) is 0 Å². The van der Waals surface area contributed by atoms with E-state index in [1.807, 2.05) is 0 Å². The predicted molar refractivity (Wildman–Crippen MR) is 71.7 cm³/mol. The van der Waals surface area contributed by atoms with Gasteiger partial charge in [0.1, 0.15) is 17.7 Å². The molecule has 1 heterocycles. The van der Waals surface area contributed by atoms with Gasteiger partial charge >= 0.3 is 0 Å². The Morgan fingerprint density at radius 2 is 2.05 bits per heavy atom. The van der Waals surface area contributed by atoms with E-state index in [0.717, 1.165) is 6.42 Å². The maximum atomic E-state index is 12.7. The summed E-state index contributed by atoms with van der Waals surface area (Å²) in [6.07, 6.45) is 0.123. The topological polar surface area (TPSA) is 76.7 Å². The number of hydrogen-bond donors (Lipinski definition) is 2. The molecule has 1 saturated heterocycles. The molecule has 0 aromatic heterocycles. The summed E-state index contributed by atoms with van der Waals surface area (Å²) in [6, 6.07) is 5.31. The lowest BCUT2D eigenvalue weighted by Gasteiger charge is -2.16. The van der Waals surface area contributed by atoms with Gasteiger partial charge in [0.25, 0.3) is 11.8 Å². The molecular formula is C14H17FN2O4. The number of benzene rings is 1. The van der Waals surface area contributed by atoms with Crippen molar-refractivity contribution >= 4 is 11.8 Å². The number of halogens is 1. The highest BCUT2D eigenvalue weighted by molar-refractivity contribution is 5.86. The van der Waals surface area contributed by atoms with Crippen molar-refractivity contribution in [2.45, 2.75) is 32.0 Å². The van der Waals surface area contributed by atoms with Crippen LogP contribution in [0.2, 0.25) is 0 Å². The Hall–Kier alpha value is -2.15. The highest BCUT2D eigenvalue weighted by atomic mass is 19.1. The third-order valence-corrected chi connectivity index (χ3v) is 3.03. The van der Waals surface area contributed by atoms with Crippen LogP contribution in [0.4, 0.5) is 4.39 Å². The summed E-state index contributed by atoms with van der Waals surface area (Å²) in [5.74, 6) is -0.909. The van der Waals surface area contributed by atoms with Crippen molar-refractivity contribution in [3.05, 3.63) is 30.1 Å². The summed E-state index contributed by atoms with van der Waals surface area (Å²) in [5, 5.41) is 0. The summed E-state index contributed by atoms with van der Waals surface area (Å²) in [6.45, 7) is 2.08. The van der Waals surface area contributed by atoms with Crippen molar-refractivity contribution in [1.29, 1.82) is 0 Å². The Bertz CT molecular complexity index is 500. The fourth-order valence-corrected chi connectivity index (χ4v) is 1.86. The molecule has 2 rings (SSSR count). The van der Waals surface area contributed by atoms with Crippen LogP contribution in [-0.4, -0.2) is 30.6 Å². The minimum atomic E-state index is -0.833.